The number of carbonyl (C=O) groups excluding carboxylic acids is 2. The van der Waals surface area contributed by atoms with Crippen LogP contribution >= 0.6 is 0 Å². The molecular formula is C25H26F3N7O3. The normalized spacial score (nSPS) is 13.5. The summed E-state index contributed by atoms with van der Waals surface area (Å²) in [5.41, 5.74) is 7.93. The summed E-state index contributed by atoms with van der Waals surface area (Å²) in [7, 11) is 0. The Morgan fingerprint density at radius 1 is 1.13 bits per heavy atom. The van der Waals surface area contributed by atoms with Gasteiger partial charge in [0.05, 0.1) is 5.69 Å². The van der Waals surface area contributed by atoms with E-state index in [1.165, 1.54) is 12.6 Å². The molecular weight excluding hydrogens is 503 g/mol. The minimum Gasteiger partial charge on any atom is -0.438 e. The molecule has 0 saturated heterocycles. The quantitative estimate of drug-likeness (QED) is 0.273. The third-order valence-corrected chi connectivity index (χ3v) is 6.26. The molecule has 200 valence electrons. The first-order chi connectivity index (χ1) is 17.9. The van der Waals surface area contributed by atoms with Gasteiger partial charge in [-0.05, 0) is 30.5 Å². The molecule has 0 aromatic carbocycles. The first kappa shape index (κ1) is 26.8. The van der Waals surface area contributed by atoms with Crippen LogP contribution in [0, 0.1) is 12.8 Å². The maximum atomic E-state index is 12.8. The predicted octanol–water partition coefficient (Wildman–Crippen LogP) is 3.34. The van der Waals surface area contributed by atoms with E-state index < -0.39 is 36.0 Å². The van der Waals surface area contributed by atoms with Crippen molar-refractivity contribution >= 4 is 22.8 Å². The minimum atomic E-state index is -4.57. The molecule has 0 saturated carbocycles. The van der Waals surface area contributed by atoms with E-state index in [0.29, 0.717) is 33.4 Å². The van der Waals surface area contributed by atoms with Crippen molar-refractivity contribution in [2.75, 3.05) is 6.54 Å². The highest BCUT2D eigenvalue weighted by Crippen LogP contribution is 2.33. The first-order valence-electron chi connectivity index (χ1n) is 11.6. The number of fused-ring (bicyclic) bond motifs is 1. The van der Waals surface area contributed by atoms with Gasteiger partial charge in [0.2, 0.25) is 11.7 Å². The second-order valence-corrected chi connectivity index (χ2v) is 9.18. The van der Waals surface area contributed by atoms with Crippen LogP contribution < -0.4 is 16.4 Å². The van der Waals surface area contributed by atoms with Crippen molar-refractivity contribution in [2.24, 2.45) is 11.7 Å². The van der Waals surface area contributed by atoms with E-state index in [-0.39, 0.29) is 17.9 Å². The summed E-state index contributed by atoms with van der Waals surface area (Å²) in [6, 6.07) is 3.46. The second-order valence-electron chi connectivity index (χ2n) is 9.18. The third-order valence-electron chi connectivity index (χ3n) is 6.26. The minimum absolute atomic E-state index is 0.124. The highest BCUT2D eigenvalue weighted by molar-refractivity contribution is 5.95. The maximum Gasteiger partial charge on any atom is 0.405 e. The van der Waals surface area contributed by atoms with Crippen LogP contribution in [0.2, 0.25) is 0 Å². The average molecular weight is 530 g/mol. The zero-order valence-electron chi connectivity index (χ0n) is 20.8. The highest BCUT2D eigenvalue weighted by Gasteiger charge is 2.41. The van der Waals surface area contributed by atoms with E-state index >= 15 is 0 Å². The Morgan fingerprint density at radius 3 is 2.55 bits per heavy atom. The number of aromatic amines is 1. The standard InChI is InChI=1S/C25H26F3N7O3/c1-13(2)25(29,23(37)34-11-24(26,27)28)17-5-16(8-30-9-17)19-10-32-21-18(19)4-15(6-31-21)7-33-22(36)20-14(3)35-12-38-20/h4-6,8-10,12-13H,7,11,29H2,1-3H3,(H,31,32)(H,33,36)(H,34,37). The Kier molecular flexibility index (Phi) is 7.22. The maximum absolute atomic E-state index is 12.8. The van der Waals surface area contributed by atoms with Gasteiger partial charge in [0, 0.05) is 53.4 Å². The molecule has 10 nitrogen and oxygen atoms in total. The SMILES string of the molecule is Cc1ncoc1C(=O)NCc1cnc2[nH]cc(-c3cncc(C(N)(C(=O)NCC(F)(F)F)C(C)C)c3)c2c1. The van der Waals surface area contributed by atoms with Gasteiger partial charge in [0.25, 0.3) is 5.91 Å². The molecule has 13 heteroatoms. The molecule has 0 fully saturated rings. The molecule has 2 amide bonds. The molecule has 4 aromatic heterocycles. The Morgan fingerprint density at radius 2 is 1.89 bits per heavy atom. The van der Waals surface area contributed by atoms with Gasteiger partial charge in [-0.2, -0.15) is 13.2 Å². The lowest BCUT2D eigenvalue weighted by Crippen LogP contribution is -2.56. The number of carbonyl (C=O) groups is 2. The van der Waals surface area contributed by atoms with Gasteiger partial charge in [-0.25, -0.2) is 9.97 Å². The van der Waals surface area contributed by atoms with Crippen LogP contribution in [0.15, 0.2) is 47.7 Å². The zero-order chi connectivity index (χ0) is 27.7. The molecule has 38 heavy (non-hydrogen) atoms. The van der Waals surface area contributed by atoms with Gasteiger partial charge in [-0.1, -0.05) is 13.8 Å². The Bertz CT molecular complexity index is 1480. The summed E-state index contributed by atoms with van der Waals surface area (Å²) >= 11 is 0. The summed E-state index contributed by atoms with van der Waals surface area (Å²) < 4.78 is 43.3. The van der Waals surface area contributed by atoms with Crippen molar-refractivity contribution in [2.45, 2.75) is 39.0 Å². The Labute approximate surface area is 215 Å². The second kappa shape index (κ2) is 10.2. The third kappa shape index (κ3) is 5.37. The number of H-pyrrole nitrogens is 1. The van der Waals surface area contributed by atoms with Gasteiger partial charge in [-0.3, -0.25) is 14.6 Å². The van der Waals surface area contributed by atoms with Gasteiger partial charge in [0.15, 0.2) is 6.39 Å². The van der Waals surface area contributed by atoms with Crippen LogP contribution in [0.1, 0.15) is 41.2 Å². The number of aromatic nitrogens is 4. The molecule has 5 N–H and O–H groups in total. The number of nitrogens with two attached hydrogens (primary N) is 1. The topological polar surface area (TPSA) is 152 Å². The predicted molar refractivity (Wildman–Crippen MR) is 132 cm³/mol. The molecule has 4 heterocycles. The Hall–Kier alpha value is -4.26. The molecule has 4 rings (SSSR count). The zero-order valence-corrected chi connectivity index (χ0v) is 20.8. The molecule has 0 bridgehead atoms. The van der Waals surface area contributed by atoms with Crippen LogP contribution in [-0.2, 0) is 16.9 Å². The van der Waals surface area contributed by atoms with E-state index in [2.05, 4.69) is 25.3 Å². The fraction of sp³-hybridized carbons (Fsp3) is 0.320. The molecule has 0 radical (unpaired) electrons. The van der Waals surface area contributed by atoms with Crippen molar-refractivity contribution in [3.05, 3.63) is 65.9 Å². The van der Waals surface area contributed by atoms with Crippen LogP contribution in [-0.4, -0.2) is 44.5 Å². The first-order valence-corrected chi connectivity index (χ1v) is 11.6. The van der Waals surface area contributed by atoms with E-state index in [9.17, 15) is 22.8 Å². The lowest BCUT2D eigenvalue weighted by Gasteiger charge is -2.32. The van der Waals surface area contributed by atoms with Crippen LogP contribution in [0.4, 0.5) is 13.2 Å². The van der Waals surface area contributed by atoms with Crippen LogP contribution in [0.25, 0.3) is 22.2 Å². The number of hydrogen-bond acceptors (Lipinski definition) is 7. The van der Waals surface area contributed by atoms with Crippen LogP contribution in [0.5, 0.6) is 0 Å². The van der Waals surface area contributed by atoms with Gasteiger partial charge >= 0.3 is 6.18 Å². The molecule has 0 spiro atoms. The number of nitrogens with one attached hydrogen (secondary N) is 3. The lowest BCUT2D eigenvalue weighted by atomic mass is 9.80. The average Bonchev–Trinajstić information content (AvgIpc) is 3.50. The lowest BCUT2D eigenvalue weighted by molar-refractivity contribution is -0.143. The molecule has 1 unspecified atom stereocenters. The summed E-state index contributed by atoms with van der Waals surface area (Å²) in [5, 5.41) is 5.36. The summed E-state index contributed by atoms with van der Waals surface area (Å²) in [4.78, 5) is 40.8. The molecule has 1 atom stereocenters. The number of alkyl halides is 3. The smallest absolute Gasteiger partial charge is 0.405 e. The van der Waals surface area contributed by atoms with E-state index in [4.69, 9.17) is 10.2 Å². The molecule has 0 aliphatic heterocycles. The largest absolute Gasteiger partial charge is 0.438 e. The summed E-state index contributed by atoms with van der Waals surface area (Å²) in [6.07, 6.45) is 2.87. The van der Waals surface area contributed by atoms with Crippen molar-refractivity contribution in [3.8, 4) is 11.1 Å². The van der Waals surface area contributed by atoms with Gasteiger partial charge < -0.3 is 25.8 Å². The number of nitrogens with zero attached hydrogens (tertiary/aromatic N) is 3. The van der Waals surface area contributed by atoms with Crippen molar-refractivity contribution < 1.29 is 27.2 Å². The Balaban J connectivity index is 1.62. The number of rotatable bonds is 8. The van der Waals surface area contributed by atoms with Crippen molar-refractivity contribution in [3.63, 3.8) is 0 Å². The number of halogens is 3. The number of amides is 2. The van der Waals surface area contributed by atoms with Crippen LogP contribution in [0.3, 0.4) is 0 Å². The van der Waals surface area contributed by atoms with E-state index in [1.54, 1.807) is 45.4 Å². The summed E-state index contributed by atoms with van der Waals surface area (Å²) in [5.74, 6) is -1.79. The van der Waals surface area contributed by atoms with E-state index in [0.717, 1.165) is 0 Å². The molecule has 0 aliphatic carbocycles. The number of hydrogen-bond donors (Lipinski definition) is 4. The fourth-order valence-electron chi connectivity index (χ4n) is 4.03. The highest BCUT2D eigenvalue weighted by atomic mass is 19.4. The summed E-state index contributed by atoms with van der Waals surface area (Å²) in [6.45, 7) is 3.64. The molecule has 4 aromatic rings. The number of oxazole rings is 1. The monoisotopic (exact) mass is 529 g/mol. The van der Waals surface area contributed by atoms with E-state index in [1.807, 2.05) is 11.4 Å². The number of aryl methyl sites for hydroxylation is 1. The van der Waals surface area contributed by atoms with Gasteiger partial charge in [-0.15, -0.1) is 0 Å². The number of pyridine rings is 2. The molecule has 0 aliphatic rings. The van der Waals surface area contributed by atoms with Gasteiger partial charge in [0.1, 0.15) is 17.7 Å². The van der Waals surface area contributed by atoms with Crippen molar-refractivity contribution in [1.82, 2.24) is 30.6 Å². The van der Waals surface area contributed by atoms with Crippen molar-refractivity contribution in [1.29, 1.82) is 0 Å². The fourth-order valence-corrected chi connectivity index (χ4v) is 4.03.